The van der Waals surface area contributed by atoms with Crippen LogP contribution in [0.4, 0.5) is 0 Å². The molecule has 4 atom stereocenters. The molecule has 27 heavy (non-hydrogen) atoms. The van der Waals surface area contributed by atoms with Crippen LogP contribution >= 0.6 is 0 Å². The Kier molecular flexibility index (Phi) is 4.85. The maximum atomic E-state index is 10.8. The number of phenolic OH excluding ortho intramolecular Hbond substituents is 1. The van der Waals surface area contributed by atoms with E-state index in [1.54, 1.807) is 6.07 Å². The van der Waals surface area contributed by atoms with Crippen molar-refractivity contribution in [3.63, 3.8) is 0 Å². The summed E-state index contributed by atoms with van der Waals surface area (Å²) < 4.78 is 24.2. The average Bonchev–Trinajstić information content (AvgIpc) is 3.38. The van der Waals surface area contributed by atoms with Gasteiger partial charge in [0.2, 0.25) is 0 Å². The molecule has 3 fully saturated rings. The van der Waals surface area contributed by atoms with Crippen LogP contribution in [0.1, 0.15) is 68.3 Å². The van der Waals surface area contributed by atoms with E-state index in [0.29, 0.717) is 31.3 Å². The second-order valence-corrected chi connectivity index (χ2v) is 7.61. The van der Waals surface area contributed by atoms with Crippen molar-refractivity contribution in [2.75, 3.05) is 19.8 Å². The first kappa shape index (κ1) is 17.6. The van der Waals surface area contributed by atoms with Gasteiger partial charge in [-0.25, -0.2) is 9.78 Å². The van der Waals surface area contributed by atoms with Crippen molar-refractivity contribution >= 4 is 0 Å². The van der Waals surface area contributed by atoms with Gasteiger partial charge in [-0.1, -0.05) is 0 Å². The van der Waals surface area contributed by atoms with Crippen LogP contribution in [0, 0.1) is 0 Å². The standard InChI is InChI=1S/C20H26O7/c21-12-11-16-19(26-20(25-16)15-7-4-10-24-27-15)18(14-5-1-2-8-22-14)17(12)13-6-3-9-23-13/h11,13-15,20-21H,1-10H2. The molecule has 1 N–H and O–H groups in total. The molecule has 4 aliphatic heterocycles. The van der Waals surface area contributed by atoms with Gasteiger partial charge in [0.25, 0.3) is 6.29 Å². The van der Waals surface area contributed by atoms with Crippen molar-refractivity contribution in [3.05, 3.63) is 17.2 Å². The minimum absolute atomic E-state index is 0.121. The van der Waals surface area contributed by atoms with Gasteiger partial charge >= 0.3 is 0 Å². The van der Waals surface area contributed by atoms with Gasteiger partial charge in [0.15, 0.2) is 17.6 Å². The SMILES string of the molecule is Oc1cc2c(c(C3CCCCO3)c1C1CCCO1)OC(C1CCCOO1)O2. The Morgan fingerprint density at radius 2 is 1.59 bits per heavy atom. The fraction of sp³-hybridized carbons (Fsp3) is 0.700. The van der Waals surface area contributed by atoms with Crippen LogP contribution in [-0.4, -0.2) is 37.3 Å². The molecule has 3 saturated heterocycles. The van der Waals surface area contributed by atoms with Crippen molar-refractivity contribution in [1.82, 2.24) is 0 Å². The largest absolute Gasteiger partial charge is 0.507 e. The lowest BCUT2D eigenvalue weighted by atomic mass is 9.91. The van der Waals surface area contributed by atoms with Crippen LogP contribution in [0.2, 0.25) is 0 Å². The molecule has 0 amide bonds. The smallest absolute Gasteiger partial charge is 0.270 e. The van der Waals surface area contributed by atoms with Gasteiger partial charge in [0.1, 0.15) is 5.75 Å². The minimum atomic E-state index is -0.582. The fourth-order valence-electron chi connectivity index (χ4n) is 4.43. The molecule has 0 radical (unpaired) electrons. The molecule has 4 unspecified atom stereocenters. The number of phenols is 1. The molecule has 1 aromatic rings. The Bertz CT molecular complexity index is 673. The van der Waals surface area contributed by atoms with Crippen molar-refractivity contribution in [1.29, 1.82) is 0 Å². The normalized spacial score (nSPS) is 33.3. The van der Waals surface area contributed by atoms with E-state index >= 15 is 0 Å². The first-order chi connectivity index (χ1) is 13.3. The number of hydrogen-bond acceptors (Lipinski definition) is 7. The van der Waals surface area contributed by atoms with Crippen LogP contribution in [0.3, 0.4) is 0 Å². The lowest BCUT2D eigenvalue weighted by Crippen LogP contribution is -2.38. The molecule has 0 saturated carbocycles. The lowest BCUT2D eigenvalue weighted by molar-refractivity contribution is -0.366. The maximum absolute atomic E-state index is 10.8. The summed E-state index contributed by atoms with van der Waals surface area (Å²) in [6, 6.07) is 1.64. The highest BCUT2D eigenvalue weighted by Gasteiger charge is 2.41. The predicted molar refractivity (Wildman–Crippen MR) is 93.7 cm³/mol. The number of benzene rings is 1. The molecule has 7 nitrogen and oxygen atoms in total. The number of ether oxygens (including phenoxy) is 4. The van der Waals surface area contributed by atoms with Crippen molar-refractivity contribution in [2.45, 2.75) is 69.5 Å². The molecule has 148 valence electrons. The number of fused-ring (bicyclic) bond motifs is 1. The van der Waals surface area contributed by atoms with Gasteiger partial charge in [-0.05, 0) is 44.9 Å². The van der Waals surface area contributed by atoms with Crippen molar-refractivity contribution in [2.24, 2.45) is 0 Å². The van der Waals surface area contributed by atoms with Gasteiger partial charge in [-0.2, -0.15) is 0 Å². The summed E-state index contributed by atoms with van der Waals surface area (Å²) in [6.45, 7) is 2.00. The summed E-state index contributed by atoms with van der Waals surface area (Å²) in [7, 11) is 0. The molecular weight excluding hydrogens is 352 g/mol. The highest BCUT2D eigenvalue weighted by molar-refractivity contribution is 5.60. The fourth-order valence-corrected chi connectivity index (χ4v) is 4.43. The molecule has 0 aromatic heterocycles. The van der Waals surface area contributed by atoms with Gasteiger partial charge in [-0.3, -0.25) is 0 Å². The average molecular weight is 378 g/mol. The van der Waals surface area contributed by atoms with E-state index in [1.807, 2.05) is 0 Å². The number of hydrogen-bond donors (Lipinski definition) is 1. The molecular formula is C20H26O7. The van der Waals surface area contributed by atoms with E-state index in [0.717, 1.165) is 56.1 Å². The summed E-state index contributed by atoms with van der Waals surface area (Å²) in [5.74, 6) is 1.39. The zero-order valence-corrected chi connectivity index (χ0v) is 15.4. The molecule has 4 heterocycles. The third kappa shape index (κ3) is 3.27. The number of aromatic hydroxyl groups is 1. The highest BCUT2D eigenvalue weighted by atomic mass is 17.2. The molecule has 1 aromatic carbocycles. The van der Waals surface area contributed by atoms with Gasteiger partial charge in [-0.15, -0.1) is 0 Å². The van der Waals surface area contributed by atoms with E-state index in [-0.39, 0.29) is 24.1 Å². The van der Waals surface area contributed by atoms with E-state index < -0.39 is 6.29 Å². The Morgan fingerprint density at radius 3 is 2.33 bits per heavy atom. The summed E-state index contributed by atoms with van der Waals surface area (Å²) >= 11 is 0. The van der Waals surface area contributed by atoms with Crippen LogP contribution < -0.4 is 9.47 Å². The van der Waals surface area contributed by atoms with Crippen LogP contribution in [0.25, 0.3) is 0 Å². The van der Waals surface area contributed by atoms with E-state index in [2.05, 4.69) is 0 Å². The molecule has 0 bridgehead atoms. The molecule has 4 aliphatic rings. The third-order valence-corrected chi connectivity index (χ3v) is 5.74. The van der Waals surface area contributed by atoms with Crippen molar-refractivity contribution in [3.8, 4) is 17.2 Å². The van der Waals surface area contributed by atoms with E-state index in [4.69, 9.17) is 28.7 Å². The summed E-state index contributed by atoms with van der Waals surface area (Å²) in [6.07, 6.45) is 5.48. The number of rotatable bonds is 3. The Morgan fingerprint density at radius 1 is 0.815 bits per heavy atom. The first-order valence-corrected chi connectivity index (χ1v) is 10.1. The predicted octanol–water partition coefficient (Wildman–Crippen LogP) is 3.69. The van der Waals surface area contributed by atoms with Crippen LogP contribution in [0.5, 0.6) is 17.2 Å². The summed E-state index contributed by atoms with van der Waals surface area (Å²) in [4.78, 5) is 10.5. The van der Waals surface area contributed by atoms with Gasteiger partial charge in [0, 0.05) is 30.4 Å². The Hall–Kier alpha value is -1.54. The lowest BCUT2D eigenvalue weighted by Gasteiger charge is -2.28. The Labute approximate surface area is 158 Å². The second kappa shape index (κ2) is 7.47. The summed E-state index contributed by atoms with van der Waals surface area (Å²) in [5, 5.41) is 10.8. The first-order valence-electron chi connectivity index (χ1n) is 10.1. The van der Waals surface area contributed by atoms with Crippen LogP contribution in [-0.2, 0) is 19.2 Å². The Balaban J connectivity index is 1.52. The maximum Gasteiger partial charge on any atom is 0.270 e. The molecule has 7 heteroatoms. The van der Waals surface area contributed by atoms with Gasteiger partial charge in [0.05, 0.1) is 18.8 Å². The monoisotopic (exact) mass is 378 g/mol. The van der Waals surface area contributed by atoms with E-state index in [1.165, 1.54) is 0 Å². The van der Waals surface area contributed by atoms with Gasteiger partial charge < -0.3 is 24.1 Å². The third-order valence-electron chi connectivity index (χ3n) is 5.74. The topological polar surface area (TPSA) is 75.6 Å². The van der Waals surface area contributed by atoms with E-state index in [9.17, 15) is 5.11 Å². The highest BCUT2D eigenvalue weighted by Crippen LogP contribution is 2.52. The quantitative estimate of drug-likeness (QED) is 0.804. The molecule has 5 rings (SSSR count). The van der Waals surface area contributed by atoms with Crippen molar-refractivity contribution < 1.29 is 33.8 Å². The van der Waals surface area contributed by atoms with Crippen LogP contribution in [0.15, 0.2) is 6.07 Å². The minimum Gasteiger partial charge on any atom is -0.507 e. The molecule has 0 aliphatic carbocycles. The summed E-state index contributed by atoms with van der Waals surface area (Å²) in [5.41, 5.74) is 1.68. The zero-order valence-electron chi connectivity index (χ0n) is 15.4. The zero-order chi connectivity index (χ0) is 18.2. The molecule has 0 spiro atoms. The second-order valence-electron chi connectivity index (χ2n) is 7.61.